The highest BCUT2D eigenvalue weighted by atomic mass is 35.5. The van der Waals surface area contributed by atoms with Gasteiger partial charge in [-0.15, -0.1) is 0 Å². The molecule has 0 aliphatic heterocycles. The molecular formula is C11H15ClN2. The van der Waals surface area contributed by atoms with Gasteiger partial charge in [0.2, 0.25) is 0 Å². The Morgan fingerprint density at radius 3 is 2.93 bits per heavy atom. The smallest absolute Gasteiger partial charge is 0.0886 e. The lowest BCUT2D eigenvalue weighted by Gasteiger charge is -2.00. The summed E-state index contributed by atoms with van der Waals surface area (Å²) in [6.07, 6.45) is 2.84. The Hall–Kier alpha value is -1.02. The van der Waals surface area contributed by atoms with Crippen LogP contribution in [0.15, 0.2) is 23.2 Å². The monoisotopic (exact) mass is 210 g/mol. The average Bonchev–Trinajstić information content (AvgIpc) is 2.15. The number of hydrogen-bond donors (Lipinski definition) is 1. The van der Waals surface area contributed by atoms with Crippen LogP contribution in [0, 0.1) is 6.92 Å². The van der Waals surface area contributed by atoms with Crippen molar-refractivity contribution >= 4 is 23.6 Å². The van der Waals surface area contributed by atoms with Gasteiger partial charge in [-0.05, 0) is 37.1 Å². The third-order valence-corrected chi connectivity index (χ3v) is 2.08. The number of nitrogens with zero attached hydrogens (tertiary/aromatic N) is 1. The van der Waals surface area contributed by atoms with Gasteiger partial charge in [0.25, 0.3) is 0 Å². The third-order valence-electron chi connectivity index (χ3n) is 1.85. The van der Waals surface area contributed by atoms with Crippen LogP contribution in [0.3, 0.4) is 0 Å². The number of benzene rings is 1. The lowest BCUT2D eigenvalue weighted by Crippen LogP contribution is -2.10. The zero-order valence-electron chi connectivity index (χ0n) is 8.55. The first-order valence-corrected chi connectivity index (χ1v) is 5.14. The molecule has 1 rings (SSSR count). The first-order valence-electron chi connectivity index (χ1n) is 4.76. The molecule has 0 aliphatic rings. The summed E-state index contributed by atoms with van der Waals surface area (Å²) in [6, 6.07) is 5.68. The normalized spacial score (nSPS) is 10.8. The zero-order chi connectivity index (χ0) is 10.4. The number of aliphatic imine (C=N–C) groups is 1. The van der Waals surface area contributed by atoms with Crippen LogP contribution >= 0.6 is 11.6 Å². The van der Waals surface area contributed by atoms with E-state index < -0.39 is 0 Å². The molecule has 0 heterocycles. The van der Waals surface area contributed by atoms with E-state index in [0.717, 1.165) is 29.2 Å². The van der Waals surface area contributed by atoms with Crippen LogP contribution in [-0.2, 0) is 0 Å². The predicted molar refractivity (Wildman–Crippen MR) is 62.6 cm³/mol. The van der Waals surface area contributed by atoms with E-state index in [1.807, 2.05) is 25.1 Å². The fraction of sp³-hybridized carbons (Fsp3) is 0.364. The van der Waals surface area contributed by atoms with E-state index in [1.165, 1.54) is 0 Å². The summed E-state index contributed by atoms with van der Waals surface area (Å²) in [6.45, 7) is 5.07. The predicted octanol–water partition coefficient (Wildman–Crippen LogP) is 3.31. The molecule has 0 aromatic heterocycles. The van der Waals surface area contributed by atoms with E-state index in [2.05, 4.69) is 17.2 Å². The molecule has 1 aromatic carbocycles. The highest BCUT2D eigenvalue weighted by molar-refractivity contribution is 6.30. The van der Waals surface area contributed by atoms with Crippen LogP contribution in [0.5, 0.6) is 0 Å². The van der Waals surface area contributed by atoms with Gasteiger partial charge in [-0.1, -0.05) is 18.5 Å². The van der Waals surface area contributed by atoms with Crippen molar-refractivity contribution in [2.75, 3.05) is 6.54 Å². The van der Waals surface area contributed by atoms with Crippen LogP contribution < -0.4 is 5.32 Å². The van der Waals surface area contributed by atoms with Gasteiger partial charge >= 0.3 is 0 Å². The molecule has 3 heteroatoms. The van der Waals surface area contributed by atoms with Gasteiger partial charge in [0, 0.05) is 11.6 Å². The second kappa shape index (κ2) is 5.66. The number of hydrogen-bond acceptors (Lipinski definition) is 1. The number of nitrogens with one attached hydrogen (secondary N) is 1. The Kier molecular flexibility index (Phi) is 4.47. The van der Waals surface area contributed by atoms with Crippen molar-refractivity contribution in [1.82, 2.24) is 5.32 Å². The minimum Gasteiger partial charge on any atom is -0.376 e. The Morgan fingerprint density at radius 1 is 1.50 bits per heavy atom. The molecule has 0 saturated heterocycles. The molecule has 76 valence electrons. The van der Waals surface area contributed by atoms with Gasteiger partial charge in [0.1, 0.15) is 0 Å². The van der Waals surface area contributed by atoms with Crippen molar-refractivity contribution in [3.8, 4) is 0 Å². The second-order valence-corrected chi connectivity index (χ2v) is 3.58. The number of aryl methyl sites for hydroxylation is 1. The molecule has 2 nitrogen and oxygen atoms in total. The van der Waals surface area contributed by atoms with Crippen molar-refractivity contribution in [2.45, 2.75) is 20.3 Å². The van der Waals surface area contributed by atoms with E-state index >= 15 is 0 Å². The molecule has 0 spiro atoms. The van der Waals surface area contributed by atoms with Gasteiger partial charge in [0.15, 0.2) is 0 Å². The summed E-state index contributed by atoms with van der Waals surface area (Å²) in [5.41, 5.74) is 2.05. The standard InChI is InChI=1S/C11H15ClN2/c1-3-6-13-8-14-11-5-4-10(12)7-9(11)2/h4-5,7-8H,3,6H2,1-2H3,(H,13,14). The van der Waals surface area contributed by atoms with Gasteiger partial charge < -0.3 is 5.32 Å². The molecule has 1 N–H and O–H groups in total. The van der Waals surface area contributed by atoms with Crippen molar-refractivity contribution in [1.29, 1.82) is 0 Å². The topological polar surface area (TPSA) is 24.4 Å². The Balaban J connectivity index is 2.62. The van der Waals surface area contributed by atoms with Crippen LogP contribution in [0.2, 0.25) is 5.02 Å². The Labute approximate surface area is 90.0 Å². The van der Waals surface area contributed by atoms with Gasteiger partial charge in [0.05, 0.1) is 12.0 Å². The second-order valence-electron chi connectivity index (χ2n) is 3.14. The van der Waals surface area contributed by atoms with E-state index in [9.17, 15) is 0 Å². The fourth-order valence-electron chi connectivity index (χ4n) is 1.09. The summed E-state index contributed by atoms with van der Waals surface area (Å²) >= 11 is 5.83. The minimum absolute atomic E-state index is 0.753. The van der Waals surface area contributed by atoms with E-state index in [4.69, 9.17) is 11.6 Å². The van der Waals surface area contributed by atoms with E-state index in [1.54, 1.807) is 6.34 Å². The summed E-state index contributed by atoms with van der Waals surface area (Å²) < 4.78 is 0. The highest BCUT2D eigenvalue weighted by Crippen LogP contribution is 2.21. The maximum absolute atomic E-state index is 5.83. The Morgan fingerprint density at radius 2 is 2.29 bits per heavy atom. The van der Waals surface area contributed by atoms with Gasteiger partial charge in [-0.3, -0.25) is 0 Å². The molecule has 0 saturated carbocycles. The number of halogens is 1. The summed E-state index contributed by atoms with van der Waals surface area (Å²) in [5, 5.41) is 3.85. The van der Waals surface area contributed by atoms with Crippen LogP contribution in [0.4, 0.5) is 5.69 Å². The molecule has 0 fully saturated rings. The van der Waals surface area contributed by atoms with Crippen molar-refractivity contribution < 1.29 is 0 Å². The third kappa shape index (κ3) is 3.38. The molecule has 0 unspecified atom stereocenters. The summed E-state index contributed by atoms with van der Waals surface area (Å²) in [5.74, 6) is 0. The number of rotatable bonds is 4. The maximum atomic E-state index is 5.83. The first kappa shape index (κ1) is 11.1. The van der Waals surface area contributed by atoms with Crippen LogP contribution in [-0.4, -0.2) is 12.9 Å². The maximum Gasteiger partial charge on any atom is 0.0886 e. The quantitative estimate of drug-likeness (QED) is 0.460. The molecule has 0 radical (unpaired) electrons. The molecular weight excluding hydrogens is 196 g/mol. The van der Waals surface area contributed by atoms with Crippen LogP contribution in [0.1, 0.15) is 18.9 Å². The largest absolute Gasteiger partial charge is 0.376 e. The van der Waals surface area contributed by atoms with Crippen molar-refractivity contribution in [3.63, 3.8) is 0 Å². The first-order chi connectivity index (χ1) is 6.74. The lowest BCUT2D eigenvalue weighted by molar-refractivity contribution is 0.851. The van der Waals surface area contributed by atoms with Crippen molar-refractivity contribution in [2.24, 2.45) is 4.99 Å². The van der Waals surface area contributed by atoms with Gasteiger partial charge in [-0.25, -0.2) is 4.99 Å². The Bertz CT molecular complexity index is 321. The molecule has 0 aliphatic carbocycles. The highest BCUT2D eigenvalue weighted by Gasteiger charge is 1.95. The summed E-state index contributed by atoms with van der Waals surface area (Å²) in [7, 11) is 0. The molecule has 14 heavy (non-hydrogen) atoms. The van der Waals surface area contributed by atoms with E-state index in [0.29, 0.717) is 0 Å². The average molecular weight is 211 g/mol. The fourth-order valence-corrected chi connectivity index (χ4v) is 1.31. The van der Waals surface area contributed by atoms with Gasteiger partial charge in [-0.2, -0.15) is 0 Å². The molecule has 0 amide bonds. The SMILES string of the molecule is CCCNC=Nc1ccc(Cl)cc1C. The molecule has 0 bridgehead atoms. The minimum atomic E-state index is 0.753. The summed E-state index contributed by atoms with van der Waals surface area (Å²) in [4.78, 5) is 4.29. The van der Waals surface area contributed by atoms with Crippen LogP contribution in [0.25, 0.3) is 0 Å². The van der Waals surface area contributed by atoms with E-state index in [-0.39, 0.29) is 0 Å². The van der Waals surface area contributed by atoms with Crippen molar-refractivity contribution in [3.05, 3.63) is 28.8 Å². The zero-order valence-corrected chi connectivity index (χ0v) is 9.30. The lowest BCUT2D eigenvalue weighted by atomic mass is 10.2. The molecule has 0 atom stereocenters. The molecule has 1 aromatic rings.